The van der Waals surface area contributed by atoms with E-state index in [-0.39, 0.29) is 11.5 Å². The van der Waals surface area contributed by atoms with Gasteiger partial charge in [0.05, 0.1) is 16.7 Å². The fourth-order valence-corrected chi connectivity index (χ4v) is 1.58. The molecule has 1 aromatic carbocycles. The molecule has 1 aromatic heterocycles. The fourth-order valence-electron chi connectivity index (χ4n) is 1.58. The topological polar surface area (TPSA) is 85.1 Å². The second kappa shape index (κ2) is 6.38. The van der Waals surface area contributed by atoms with Crippen LogP contribution in [0, 0.1) is 15.9 Å². The van der Waals surface area contributed by atoms with Gasteiger partial charge in [0, 0.05) is 12.1 Å². The van der Waals surface area contributed by atoms with Crippen molar-refractivity contribution >= 4 is 23.5 Å². The quantitative estimate of drug-likeness (QED) is 0.532. The van der Waals surface area contributed by atoms with E-state index in [1.807, 2.05) is 0 Å². The summed E-state index contributed by atoms with van der Waals surface area (Å²) in [5.41, 5.74) is 0.214. The molecule has 0 saturated heterocycles. The minimum Gasteiger partial charge on any atom is -0.307 e. The summed E-state index contributed by atoms with van der Waals surface area (Å²) in [6.45, 7) is 0. The van der Waals surface area contributed by atoms with Gasteiger partial charge in [0.2, 0.25) is 5.91 Å². The van der Waals surface area contributed by atoms with Crippen molar-refractivity contribution in [3.05, 3.63) is 70.2 Å². The lowest BCUT2D eigenvalue weighted by atomic mass is 10.1. The number of hydrogen-bond acceptors (Lipinski definition) is 4. The summed E-state index contributed by atoms with van der Waals surface area (Å²) in [4.78, 5) is 25.6. The zero-order chi connectivity index (χ0) is 15.2. The highest BCUT2D eigenvalue weighted by atomic mass is 19.1. The van der Waals surface area contributed by atoms with Crippen molar-refractivity contribution in [2.24, 2.45) is 0 Å². The minimum absolute atomic E-state index is 0.0959. The first-order chi connectivity index (χ1) is 10.1. The SMILES string of the molecule is O=C(/C=C\c1ccccc1[N+](=O)[O-])Nc1ccc(F)cn1. The maximum absolute atomic E-state index is 12.7. The molecule has 0 spiro atoms. The van der Waals surface area contributed by atoms with Gasteiger partial charge >= 0.3 is 0 Å². The van der Waals surface area contributed by atoms with Crippen LogP contribution in [0.15, 0.2) is 48.7 Å². The molecule has 2 rings (SSSR count). The van der Waals surface area contributed by atoms with Gasteiger partial charge in [0.25, 0.3) is 5.69 Å². The van der Waals surface area contributed by atoms with E-state index in [2.05, 4.69) is 10.3 Å². The number of benzene rings is 1. The predicted molar refractivity (Wildman–Crippen MR) is 75.0 cm³/mol. The molecule has 7 heteroatoms. The van der Waals surface area contributed by atoms with Gasteiger partial charge in [-0.05, 0) is 24.3 Å². The molecule has 0 atom stereocenters. The molecule has 1 heterocycles. The van der Waals surface area contributed by atoms with Crippen LogP contribution in [0.4, 0.5) is 15.9 Å². The molecule has 0 saturated carbocycles. The number of amides is 1. The number of nitrogens with one attached hydrogen (secondary N) is 1. The van der Waals surface area contributed by atoms with E-state index in [9.17, 15) is 19.3 Å². The second-order valence-electron chi connectivity index (χ2n) is 4.00. The van der Waals surface area contributed by atoms with Gasteiger partial charge in [-0.25, -0.2) is 9.37 Å². The molecule has 2 aromatic rings. The van der Waals surface area contributed by atoms with E-state index in [0.717, 1.165) is 18.3 Å². The Morgan fingerprint density at radius 1 is 1.29 bits per heavy atom. The first-order valence-electron chi connectivity index (χ1n) is 5.90. The summed E-state index contributed by atoms with van der Waals surface area (Å²) in [6.07, 6.45) is 3.45. The van der Waals surface area contributed by atoms with Crippen molar-refractivity contribution in [1.82, 2.24) is 4.98 Å². The third-order valence-corrected chi connectivity index (χ3v) is 2.53. The molecule has 21 heavy (non-hydrogen) atoms. The zero-order valence-corrected chi connectivity index (χ0v) is 10.7. The van der Waals surface area contributed by atoms with E-state index in [1.54, 1.807) is 6.07 Å². The van der Waals surface area contributed by atoms with E-state index >= 15 is 0 Å². The highest BCUT2D eigenvalue weighted by Gasteiger charge is 2.09. The van der Waals surface area contributed by atoms with Crippen molar-refractivity contribution in [1.29, 1.82) is 0 Å². The van der Waals surface area contributed by atoms with Gasteiger partial charge in [-0.15, -0.1) is 0 Å². The standard InChI is InChI=1S/C14H10FN3O3/c15-11-6-7-13(16-9-11)17-14(19)8-5-10-3-1-2-4-12(10)18(20)21/h1-9H,(H,16,17,19)/b8-5-. The van der Waals surface area contributed by atoms with Crippen molar-refractivity contribution in [2.75, 3.05) is 5.32 Å². The lowest BCUT2D eigenvalue weighted by Crippen LogP contribution is -2.09. The number of nitrogens with zero attached hydrogens (tertiary/aromatic N) is 2. The van der Waals surface area contributed by atoms with Gasteiger partial charge in [-0.1, -0.05) is 12.1 Å². The predicted octanol–water partition coefficient (Wildman–Crippen LogP) is 2.78. The molecule has 0 fully saturated rings. The van der Waals surface area contributed by atoms with Crippen LogP contribution >= 0.6 is 0 Å². The van der Waals surface area contributed by atoms with E-state index in [0.29, 0.717) is 5.56 Å². The fraction of sp³-hybridized carbons (Fsp3) is 0. The summed E-state index contributed by atoms with van der Waals surface area (Å²) in [5.74, 6) is -0.843. The highest BCUT2D eigenvalue weighted by molar-refractivity contribution is 6.01. The van der Waals surface area contributed by atoms with Gasteiger partial charge in [0.1, 0.15) is 11.6 Å². The summed E-state index contributed by atoms with van der Waals surface area (Å²) in [5, 5.41) is 13.2. The second-order valence-corrected chi connectivity index (χ2v) is 4.00. The third kappa shape index (κ3) is 3.93. The Balaban J connectivity index is 2.09. The van der Waals surface area contributed by atoms with Crippen molar-refractivity contribution in [2.45, 2.75) is 0 Å². The van der Waals surface area contributed by atoms with E-state index in [4.69, 9.17) is 0 Å². The number of halogens is 1. The van der Waals surface area contributed by atoms with Crippen molar-refractivity contribution in [3.8, 4) is 0 Å². The maximum atomic E-state index is 12.7. The summed E-state index contributed by atoms with van der Waals surface area (Å²) in [6, 6.07) is 8.52. The first-order valence-corrected chi connectivity index (χ1v) is 5.90. The summed E-state index contributed by atoms with van der Waals surface area (Å²) >= 11 is 0. The Morgan fingerprint density at radius 2 is 2.05 bits per heavy atom. The molecule has 0 unspecified atom stereocenters. The molecule has 106 valence electrons. The number of para-hydroxylation sites is 1. The largest absolute Gasteiger partial charge is 0.307 e. The summed E-state index contributed by atoms with van der Waals surface area (Å²) < 4.78 is 12.7. The number of rotatable bonds is 4. The Labute approximate surface area is 119 Å². The summed E-state index contributed by atoms with van der Waals surface area (Å²) in [7, 11) is 0. The van der Waals surface area contributed by atoms with Crippen LogP contribution in [0.25, 0.3) is 6.08 Å². The van der Waals surface area contributed by atoms with Crippen LogP contribution in [-0.4, -0.2) is 15.8 Å². The first kappa shape index (κ1) is 14.3. The number of nitro groups is 1. The van der Waals surface area contributed by atoms with Gasteiger partial charge in [-0.2, -0.15) is 0 Å². The van der Waals surface area contributed by atoms with Crippen molar-refractivity contribution in [3.63, 3.8) is 0 Å². The maximum Gasteiger partial charge on any atom is 0.276 e. The van der Waals surface area contributed by atoms with E-state index in [1.165, 1.54) is 30.3 Å². The molecule has 6 nitrogen and oxygen atoms in total. The van der Waals surface area contributed by atoms with Gasteiger partial charge < -0.3 is 5.32 Å². The molecule has 0 radical (unpaired) electrons. The molecular weight excluding hydrogens is 277 g/mol. The molecule has 0 bridgehead atoms. The number of carbonyl (C=O) groups is 1. The number of hydrogen-bond donors (Lipinski definition) is 1. The lowest BCUT2D eigenvalue weighted by Gasteiger charge is -2.00. The molecule has 1 N–H and O–H groups in total. The lowest BCUT2D eigenvalue weighted by molar-refractivity contribution is -0.385. The Morgan fingerprint density at radius 3 is 2.71 bits per heavy atom. The van der Waals surface area contributed by atoms with Crippen LogP contribution in [0.1, 0.15) is 5.56 Å². The highest BCUT2D eigenvalue weighted by Crippen LogP contribution is 2.18. The number of pyridine rings is 1. The Hall–Kier alpha value is -3.09. The Bertz CT molecular complexity index is 699. The monoisotopic (exact) mass is 287 g/mol. The molecule has 0 aliphatic rings. The van der Waals surface area contributed by atoms with Crippen LogP contribution in [0.2, 0.25) is 0 Å². The normalized spacial score (nSPS) is 10.5. The van der Waals surface area contributed by atoms with Crippen LogP contribution in [-0.2, 0) is 4.79 Å². The van der Waals surface area contributed by atoms with Crippen LogP contribution in [0.5, 0.6) is 0 Å². The Kier molecular flexibility index (Phi) is 4.35. The average molecular weight is 287 g/mol. The molecule has 0 aliphatic carbocycles. The molecular formula is C14H10FN3O3. The van der Waals surface area contributed by atoms with Crippen LogP contribution < -0.4 is 5.32 Å². The smallest absolute Gasteiger partial charge is 0.276 e. The number of carbonyl (C=O) groups excluding carboxylic acids is 1. The van der Waals surface area contributed by atoms with Gasteiger partial charge in [0.15, 0.2) is 0 Å². The third-order valence-electron chi connectivity index (χ3n) is 2.53. The van der Waals surface area contributed by atoms with Gasteiger partial charge in [-0.3, -0.25) is 14.9 Å². The van der Waals surface area contributed by atoms with Crippen LogP contribution in [0.3, 0.4) is 0 Å². The van der Waals surface area contributed by atoms with Crippen molar-refractivity contribution < 1.29 is 14.1 Å². The zero-order valence-electron chi connectivity index (χ0n) is 10.7. The molecule has 1 amide bonds. The number of nitro benzene ring substituents is 1. The van der Waals surface area contributed by atoms with E-state index < -0.39 is 16.6 Å². The molecule has 0 aliphatic heterocycles. The number of anilines is 1. The average Bonchev–Trinajstić information content (AvgIpc) is 2.48. The minimum atomic E-state index is -0.529. The number of aromatic nitrogens is 1.